The highest BCUT2D eigenvalue weighted by Gasteiger charge is 2.23. The van der Waals surface area contributed by atoms with E-state index in [1.54, 1.807) is 32.0 Å². The van der Waals surface area contributed by atoms with Crippen molar-refractivity contribution in [2.45, 2.75) is 19.9 Å². The van der Waals surface area contributed by atoms with Gasteiger partial charge in [0.1, 0.15) is 6.04 Å². The number of rotatable bonds is 4. The summed E-state index contributed by atoms with van der Waals surface area (Å²) in [4.78, 5) is 22.7. The average Bonchev–Trinajstić information content (AvgIpc) is 2.30. The predicted octanol–water partition coefficient (Wildman–Crippen LogP) is 3.33. The van der Waals surface area contributed by atoms with Gasteiger partial charge in [-0.15, -0.1) is 0 Å². The number of hydrogen-bond acceptors (Lipinski definition) is 2. The van der Waals surface area contributed by atoms with Crippen molar-refractivity contribution in [2.75, 3.05) is 5.32 Å². The van der Waals surface area contributed by atoms with E-state index in [4.69, 9.17) is 16.7 Å². The summed E-state index contributed by atoms with van der Waals surface area (Å²) in [5.41, 5.74) is 0.515. The van der Waals surface area contributed by atoms with Gasteiger partial charge in [-0.1, -0.05) is 25.4 Å². The summed E-state index contributed by atoms with van der Waals surface area (Å²) < 4.78 is 0.644. The number of aliphatic carboxylic acids is 1. The summed E-state index contributed by atoms with van der Waals surface area (Å²) >= 11 is 9.07. The number of benzene rings is 1. The number of anilines is 1. The van der Waals surface area contributed by atoms with Crippen molar-refractivity contribution >= 4 is 45.2 Å². The highest BCUT2D eigenvalue weighted by atomic mass is 79.9. The first-order valence-electron chi connectivity index (χ1n) is 5.56. The van der Waals surface area contributed by atoms with Crippen molar-refractivity contribution in [2.24, 2.45) is 5.92 Å². The fraction of sp³-hybridized carbons (Fsp3) is 0.333. The Kier molecular flexibility index (Phi) is 5.62. The largest absolute Gasteiger partial charge is 0.480 e. The van der Waals surface area contributed by atoms with Crippen LogP contribution in [0.2, 0.25) is 5.02 Å². The molecule has 2 amide bonds. The van der Waals surface area contributed by atoms with Crippen LogP contribution >= 0.6 is 27.5 Å². The molecule has 1 aromatic carbocycles. The Hall–Kier alpha value is -1.27. The molecular formula is C12H14BrClN2O3. The van der Waals surface area contributed by atoms with E-state index >= 15 is 0 Å². The van der Waals surface area contributed by atoms with Gasteiger partial charge in [0, 0.05) is 10.2 Å². The zero-order chi connectivity index (χ0) is 14.6. The number of hydrogen-bond donors (Lipinski definition) is 3. The first-order chi connectivity index (χ1) is 8.81. The molecule has 0 aliphatic rings. The molecule has 0 aliphatic carbocycles. The van der Waals surface area contributed by atoms with E-state index in [2.05, 4.69) is 26.6 Å². The standard InChI is InChI=1S/C12H14BrClN2O3/c1-6(2)10(11(17)18)16-12(19)15-7-3-4-9(14)8(13)5-7/h3-6,10H,1-2H3,(H,17,18)(H2,15,16,19)/t10-/m0/s1. The van der Waals surface area contributed by atoms with Gasteiger partial charge in [-0.2, -0.15) is 0 Å². The fourth-order valence-electron chi connectivity index (χ4n) is 1.40. The van der Waals surface area contributed by atoms with E-state index in [1.807, 2.05) is 0 Å². The van der Waals surface area contributed by atoms with Crippen LogP contribution in [0.5, 0.6) is 0 Å². The van der Waals surface area contributed by atoms with Crippen molar-refractivity contribution in [3.63, 3.8) is 0 Å². The lowest BCUT2D eigenvalue weighted by Gasteiger charge is -2.18. The SMILES string of the molecule is CC(C)[C@H](NC(=O)Nc1ccc(Cl)c(Br)c1)C(=O)O. The lowest BCUT2D eigenvalue weighted by atomic mass is 10.1. The molecule has 0 heterocycles. The maximum atomic E-state index is 11.7. The molecule has 0 fully saturated rings. The molecule has 0 saturated carbocycles. The molecule has 7 heteroatoms. The number of carboxylic acid groups (broad SMARTS) is 1. The van der Waals surface area contributed by atoms with Crippen LogP contribution in [0, 0.1) is 5.92 Å². The molecule has 5 nitrogen and oxygen atoms in total. The Morgan fingerprint density at radius 2 is 2.00 bits per heavy atom. The van der Waals surface area contributed by atoms with Gasteiger partial charge in [-0.3, -0.25) is 0 Å². The van der Waals surface area contributed by atoms with Gasteiger partial charge in [-0.25, -0.2) is 9.59 Å². The van der Waals surface area contributed by atoms with E-state index in [-0.39, 0.29) is 5.92 Å². The monoisotopic (exact) mass is 348 g/mol. The van der Waals surface area contributed by atoms with Gasteiger partial charge < -0.3 is 15.7 Å². The molecule has 0 radical (unpaired) electrons. The minimum atomic E-state index is -1.07. The molecular weight excluding hydrogens is 336 g/mol. The first-order valence-corrected chi connectivity index (χ1v) is 6.73. The van der Waals surface area contributed by atoms with E-state index < -0.39 is 18.0 Å². The predicted molar refractivity (Wildman–Crippen MR) is 77.6 cm³/mol. The third-order valence-corrected chi connectivity index (χ3v) is 3.61. The van der Waals surface area contributed by atoms with E-state index in [9.17, 15) is 9.59 Å². The Balaban J connectivity index is 2.69. The summed E-state index contributed by atoms with van der Waals surface area (Å²) in [7, 11) is 0. The Labute approximate surface area is 124 Å². The van der Waals surface area contributed by atoms with Crippen LogP contribution < -0.4 is 10.6 Å². The summed E-state index contributed by atoms with van der Waals surface area (Å²) in [5.74, 6) is -1.28. The third kappa shape index (κ3) is 4.72. The van der Waals surface area contributed by atoms with Crippen LogP contribution in [0.4, 0.5) is 10.5 Å². The second kappa shape index (κ2) is 6.77. The second-order valence-corrected chi connectivity index (χ2v) is 5.55. The number of carbonyl (C=O) groups excluding carboxylic acids is 1. The molecule has 0 spiro atoms. The molecule has 104 valence electrons. The number of amides is 2. The highest BCUT2D eigenvalue weighted by Crippen LogP contribution is 2.25. The second-order valence-electron chi connectivity index (χ2n) is 4.29. The highest BCUT2D eigenvalue weighted by molar-refractivity contribution is 9.10. The summed E-state index contributed by atoms with van der Waals surface area (Å²) in [6.45, 7) is 3.44. The van der Waals surface area contributed by atoms with Crippen molar-refractivity contribution in [1.82, 2.24) is 5.32 Å². The minimum Gasteiger partial charge on any atom is -0.480 e. The summed E-state index contributed by atoms with van der Waals surface area (Å²) in [6.07, 6.45) is 0. The normalized spacial score (nSPS) is 12.1. The smallest absolute Gasteiger partial charge is 0.326 e. The summed E-state index contributed by atoms with van der Waals surface area (Å²) in [6, 6.07) is 3.37. The first kappa shape index (κ1) is 15.8. The molecule has 3 N–H and O–H groups in total. The number of urea groups is 1. The van der Waals surface area contributed by atoms with Crippen molar-refractivity contribution < 1.29 is 14.7 Å². The van der Waals surface area contributed by atoms with Crippen molar-refractivity contribution in [3.05, 3.63) is 27.7 Å². The van der Waals surface area contributed by atoms with Gasteiger partial charge in [0.2, 0.25) is 0 Å². The minimum absolute atomic E-state index is 0.208. The Bertz CT molecular complexity index is 494. The molecule has 19 heavy (non-hydrogen) atoms. The van der Waals surface area contributed by atoms with Crippen molar-refractivity contribution in [3.8, 4) is 0 Å². The molecule has 0 saturated heterocycles. The zero-order valence-electron chi connectivity index (χ0n) is 10.4. The number of halogens is 2. The Morgan fingerprint density at radius 1 is 1.37 bits per heavy atom. The number of nitrogens with one attached hydrogen (secondary N) is 2. The topological polar surface area (TPSA) is 78.4 Å². The zero-order valence-corrected chi connectivity index (χ0v) is 12.7. The lowest BCUT2D eigenvalue weighted by molar-refractivity contribution is -0.140. The van der Waals surface area contributed by atoms with Crippen LogP contribution in [0.25, 0.3) is 0 Å². The number of carbonyl (C=O) groups is 2. The maximum Gasteiger partial charge on any atom is 0.326 e. The third-order valence-electron chi connectivity index (χ3n) is 2.40. The molecule has 1 atom stereocenters. The lowest BCUT2D eigenvalue weighted by Crippen LogP contribution is -2.46. The van der Waals surface area contributed by atoms with Crippen LogP contribution in [0.1, 0.15) is 13.8 Å². The van der Waals surface area contributed by atoms with E-state index in [0.717, 1.165) is 0 Å². The maximum absolute atomic E-state index is 11.7. The quantitative estimate of drug-likeness (QED) is 0.780. The molecule has 1 aromatic rings. The van der Waals surface area contributed by atoms with Gasteiger partial charge in [0.25, 0.3) is 0 Å². The van der Waals surface area contributed by atoms with Crippen LogP contribution in [0.3, 0.4) is 0 Å². The van der Waals surface area contributed by atoms with Gasteiger partial charge in [0.05, 0.1) is 5.02 Å². The number of carboxylic acids is 1. The van der Waals surface area contributed by atoms with Crippen molar-refractivity contribution in [1.29, 1.82) is 0 Å². The van der Waals surface area contributed by atoms with Gasteiger partial charge >= 0.3 is 12.0 Å². The summed E-state index contributed by atoms with van der Waals surface area (Å²) in [5, 5.41) is 14.4. The molecule has 0 aliphatic heterocycles. The van der Waals surface area contributed by atoms with Gasteiger partial charge in [0.15, 0.2) is 0 Å². The average molecular weight is 350 g/mol. The fourth-order valence-corrected chi connectivity index (χ4v) is 1.89. The molecule has 0 aromatic heterocycles. The van der Waals surface area contributed by atoms with Gasteiger partial charge in [-0.05, 0) is 40.0 Å². The molecule has 1 rings (SSSR count). The van der Waals surface area contributed by atoms with Crippen LogP contribution in [-0.4, -0.2) is 23.1 Å². The Morgan fingerprint density at radius 3 is 2.47 bits per heavy atom. The molecule has 0 bridgehead atoms. The van der Waals surface area contributed by atoms with Crippen LogP contribution in [-0.2, 0) is 4.79 Å². The molecule has 0 unspecified atom stereocenters. The van der Waals surface area contributed by atoms with E-state index in [0.29, 0.717) is 15.2 Å². The van der Waals surface area contributed by atoms with E-state index in [1.165, 1.54) is 0 Å². The van der Waals surface area contributed by atoms with Crippen LogP contribution in [0.15, 0.2) is 22.7 Å².